The minimum atomic E-state index is -0.875. The quantitative estimate of drug-likeness (QED) is 0.724. The van der Waals surface area contributed by atoms with Crippen LogP contribution in [0.4, 0.5) is 10.1 Å². The Hall–Kier alpha value is -1.66. The molecule has 2 amide bonds. The van der Waals surface area contributed by atoms with E-state index in [2.05, 4.69) is 10.6 Å². The number of carbonyl (C=O) groups excluding carboxylic acids is 2. The number of nitrogens with one attached hydrogen (secondary N) is 2. The number of rotatable bonds is 5. The fourth-order valence-corrected chi connectivity index (χ4v) is 2.18. The number of hydrogen-bond donors (Lipinski definition) is 3. The number of anilines is 1. The fourth-order valence-electron chi connectivity index (χ4n) is 2.06. The first kappa shape index (κ1) is 15.7. The van der Waals surface area contributed by atoms with Crippen LogP contribution in [0.25, 0.3) is 0 Å². The first-order valence-electron chi connectivity index (χ1n) is 6.69. The van der Waals surface area contributed by atoms with Crippen molar-refractivity contribution in [1.82, 2.24) is 5.32 Å². The molecule has 1 aromatic carbocycles. The predicted octanol–water partition coefficient (Wildman–Crippen LogP) is 1.69. The van der Waals surface area contributed by atoms with Gasteiger partial charge in [-0.1, -0.05) is 11.6 Å². The number of aliphatic hydroxyl groups is 1. The minimum Gasteiger partial charge on any atom is -0.396 e. The van der Waals surface area contributed by atoms with E-state index in [1.165, 1.54) is 12.1 Å². The average molecular weight is 315 g/mol. The highest BCUT2D eigenvalue weighted by Crippen LogP contribution is 2.33. The predicted molar refractivity (Wildman–Crippen MR) is 76.4 cm³/mol. The lowest BCUT2D eigenvalue weighted by molar-refractivity contribution is -0.136. The molecule has 0 aliphatic heterocycles. The van der Waals surface area contributed by atoms with Gasteiger partial charge in [-0.25, -0.2) is 4.39 Å². The lowest BCUT2D eigenvalue weighted by atomic mass is 10.1. The smallest absolute Gasteiger partial charge is 0.313 e. The second-order valence-electron chi connectivity index (χ2n) is 5.01. The second kappa shape index (κ2) is 6.87. The van der Waals surface area contributed by atoms with Gasteiger partial charge >= 0.3 is 11.8 Å². The van der Waals surface area contributed by atoms with Crippen molar-refractivity contribution in [2.75, 3.05) is 11.9 Å². The Morgan fingerprint density at radius 3 is 2.67 bits per heavy atom. The third-order valence-electron chi connectivity index (χ3n) is 3.33. The Morgan fingerprint density at radius 2 is 2.10 bits per heavy atom. The molecule has 1 saturated carbocycles. The number of hydrogen-bond acceptors (Lipinski definition) is 3. The monoisotopic (exact) mass is 314 g/mol. The summed E-state index contributed by atoms with van der Waals surface area (Å²) in [7, 11) is 0. The zero-order chi connectivity index (χ0) is 15.4. The molecule has 5 nitrogen and oxygen atoms in total. The Kier molecular flexibility index (Phi) is 5.14. The van der Waals surface area contributed by atoms with Gasteiger partial charge in [-0.15, -0.1) is 0 Å². The highest BCUT2D eigenvalue weighted by molar-refractivity contribution is 6.39. The average Bonchev–Trinajstić information content (AvgIpc) is 3.26. The van der Waals surface area contributed by atoms with E-state index in [1.54, 1.807) is 0 Å². The molecule has 1 atom stereocenters. The highest BCUT2D eigenvalue weighted by Gasteiger charge is 2.33. The number of benzene rings is 1. The van der Waals surface area contributed by atoms with E-state index < -0.39 is 17.6 Å². The van der Waals surface area contributed by atoms with Crippen molar-refractivity contribution in [1.29, 1.82) is 0 Å². The molecule has 1 fully saturated rings. The van der Waals surface area contributed by atoms with Gasteiger partial charge < -0.3 is 15.7 Å². The molecule has 3 N–H and O–H groups in total. The Bertz CT molecular complexity index is 549. The summed E-state index contributed by atoms with van der Waals surface area (Å²) in [6.07, 6.45) is 2.38. The summed E-state index contributed by atoms with van der Waals surface area (Å²) in [5, 5.41) is 13.8. The molecule has 2 rings (SSSR count). The second-order valence-corrected chi connectivity index (χ2v) is 5.42. The molecule has 0 radical (unpaired) electrons. The van der Waals surface area contributed by atoms with Crippen LogP contribution in [0.2, 0.25) is 5.02 Å². The summed E-state index contributed by atoms with van der Waals surface area (Å²) in [5.74, 6) is -2.02. The highest BCUT2D eigenvalue weighted by atomic mass is 35.5. The number of aliphatic hydroxyl groups excluding tert-OH is 1. The SMILES string of the molecule is O=C(Nc1ccc(Cl)c(F)c1)C(=O)NC(CCO)C1CC1. The summed E-state index contributed by atoms with van der Waals surface area (Å²) in [6.45, 7) is -0.0501. The van der Waals surface area contributed by atoms with E-state index in [1.807, 2.05) is 0 Å². The van der Waals surface area contributed by atoms with Crippen LogP contribution in [0.1, 0.15) is 19.3 Å². The van der Waals surface area contributed by atoms with Gasteiger partial charge in [-0.2, -0.15) is 0 Å². The zero-order valence-corrected chi connectivity index (χ0v) is 12.0. The van der Waals surface area contributed by atoms with Gasteiger partial charge in [0.2, 0.25) is 0 Å². The lowest BCUT2D eigenvalue weighted by Crippen LogP contribution is -2.43. The van der Waals surface area contributed by atoms with Crippen molar-refractivity contribution < 1.29 is 19.1 Å². The van der Waals surface area contributed by atoms with Crippen molar-refractivity contribution in [2.24, 2.45) is 5.92 Å². The third kappa shape index (κ3) is 4.41. The van der Waals surface area contributed by atoms with Crippen molar-refractivity contribution >= 4 is 29.1 Å². The van der Waals surface area contributed by atoms with Crippen molar-refractivity contribution in [2.45, 2.75) is 25.3 Å². The number of amides is 2. The van der Waals surface area contributed by atoms with E-state index in [0.29, 0.717) is 12.3 Å². The Labute approximate surface area is 126 Å². The van der Waals surface area contributed by atoms with Crippen LogP contribution >= 0.6 is 11.6 Å². The number of carbonyl (C=O) groups is 2. The summed E-state index contributed by atoms with van der Waals surface area (Å²) >= 11 is 5.53. The van der Waals surface area contributed by atoms with Crippen LogP contribution in [-0.4, -0.2) is 29.6 Å². The van der Waals surface area contributed by atoms with E-state index in [-0.39, 0.29) is 23.4 Å². The third-order valence-corrected chi connectivity index (χ3v) is 3.64. The molecule has 1 aromatic rings. The Balaban J connectivity index is 1.92. The number of halogens is 2. The molecular weight excluding hydrogens is 299 g/mol. The van der Waals surface area contributed by atoms with Gasteiger partial charge in [-0.3, -0.25) is 9.59 Å². The van der Waals surface area contributed by atoms with Crippen LogP contribution in [0.5, 0.6) is 0 Å². The van der Waals surface area contributed by atoms with Crippen LogP contribution in [0.15, 0.2) is 18.2 Å². The molecule has 21 heavy (non-hydrogen) atoms. The molecule has 0 aromatic heterocycles. The first-order chi connectivity index (χ1) is 10.0. The van der Waals surface area contributed by atoms with Gasteiger partial charge in [0.15, 0.2) is 0 Å². The largest absolute Gasteiger partial charge is 0.396 e. The van der Waals surface area contributed by atoms with Crippen LogP contribution < -0.4 is 10.6 Å². The summed E-state index contributed by atoms with van der Waals surface area (Å²) in [5.41, 5.74) is 0.155. The molecule has 114 valence electrons. The lowest BCUT2D eigenvalue weighted by Gasteiger charge is -2.16. The molecule has 0 saturated heterocycles. The standard InChI is InChI=1S/C14H16ClFN2O3/c15-10-4-3-9(7-11(10)16)17-13(20)14(21)18-12(5-6-19)8-1-2-8/h3-4,7-8,12,19H,1-2,5-6H2,(H,17,20)(H,18,21). The van der Waals surface area contributed by atoms with Gasteiger partial charge in [0.05, 0.1) is 5.02 Å². The fraction of sp³-hybridized carbons (Fsp3) is 0.429. The summed E-state index contributed by atoms with van der Waals surface area (Å²) in [6, 6.07) is 3.54. The molecule has 0 spiro atoms. The van der Waals surface area contributed by atoms with Crippen molar-refractivity contribution in [3.63, 3.8) is 0 Å². The van der Waals surface area contributed by atoms with E-state index in [4.69, 9.17) is 16.7 Å². The first-order valence-corrected chi connectivity index (χ1v) is 7.07. The van der Waals surface area contributed by atoms with Gasteiger partial charge in [0.1, 0.15) is 5.82 Å². The molecule has 1 aliphatic rings. The summed E-state index contributed by atoms with van der Waals surface area (Å²) < 4.78 is 13.2. The molecule has 0 bridgehead atoms. The van der Waals surface area contributed by atoms with Crippen LogP contribution in [0.3, 0.4) is 0 Å². The normalized spacial score (nSPS) is 15.4. The molecule has 1 unspecified atom stereocenters. The summed E-state index contributed by atoms with van der Waals surface area (Å²) in [4.78, 5) is 23.5. The van der Waals surface area contributed by atoms with Crippen LogP contribution in [-0.2, 0) is 9.59 Å². The molecule has 7 heteroatoms. The maximum Gasteiger partial charge on any atom is 0.313 e. The van der Waals surface area contributed by atoms with Gasteiger partial charge in [0.25, 0.3) is 0 Å². The van der Waals surface area contributed by atoms with Crippen molar-refractivity contribution in [3.8, 4) is 0 Å². The van der Waals surface area contributed by atoms with E-state index >= 15 is 0 Å². The van der Waals surface area contributed by atoms with Crippen LogP contribution in [0, 0.1) is 11.7 Å². The van der Waals surface area contributed by atoms with Gasteiger partial charge in [-0.05, 0) is 43.4 Å². The molecule has 0 heterocycles. The van der Waals surface area contributed by atoms with Gasteiger partial charge in [0, 0.05) is 18.3 Å². The maximum absolute atomic E-state index is 13.2. The van der Waals surface area contributed by atoms with E-state index in [9.17, 15) is 14.0 Å². The van der Waals surface area contributed by atoms with E-state index in [0.717, 1.165) is 18.9 Å². The molecular formula is C14H16ClFN2O3. The zero-order valence-electron chi connectivity index (χ0n) is 11.2. The van der Waals surface area contributed by atoms with Crippen molar-refractivity contribution in [3.05, 3.63) is 29.0 Å². The maximum atomic E-state index is 13.2. The topological polar surface area (TPSA) is 78.4 Å². The minimum absolute atomic E-state index is 0.0501. The Morgan fingerprint density at radius 1 is 1.38 bits per heavy atom. The molecule has 1 aliphatic carbocycles.